The van der Waals surface area contributed by atoms with Crippen LogP contribution in [0.1, 0.15) is 12.6 Å². The van der Waals surface area contributed by atoms with E-state index in [9.17, 15) is 8.78 Å². The number of halogens is 2. The zero-order chi connectivity index (χ0) is 12.3. The van der Waals surface area contributed by atoms with Crippen LogP contribution in [0.2, 0.25) is 0 Å². The highest BCUT2D eigenvalue weighted by atomic mass is 19.2. The smallest absolute Gasteiger partial charge is 0.181 e. The Bertz CT molecular complexity index is 506. The molecular formula is C13H14F2N2. The van der Waals surface area contributed by atoms with Gasteiger partial charge in [0, 0.05) is 18.4 Å². The lowest BCUT2D eigenvalue weighted by Crippen LogP contribution is -2.07. The van der Waals surface area contributed by atoms with Gasteiger partial charge in [0.05, 0.1) is 12.2 Å². The van der Waals surface area contributed by atoms with E-state index in [0.717, 1.165) is 18.3 Å². The van der Waals surface area contributed by atoms with E-state index in [-0.39, 0.29) is 5.69 Å². The molecule has 1 heterocycles. The Hall–Kier alpha value is -1.84. The normalized spacial score (nSPS) is 10.5. The summed E-state index contributed by atoms with van der Waals surface area (Å²) >= 11 is 0. The maximum atomic E-state index is 13.4. The summed E-state index contributed by atoms with van der Waals surface area (Å²) in [5.41, 5.74) is 1.23. The fraction of sp³-hybridized carbons (Fsp3) is 0.231. The van der Waals surface area contributed by atoms with Crippen molar-refractivity contribution in [3.63, 3.8) is 0 Å². The van der Waals surface area contributed by atoms with Crippen LogP contribution in [-0.2, 0) is 13.1 Å². The lowest BCUT2D eigenvalue weighted by Gasteiger charge is -2.10. The summed E-state index contributed by atoms with van der Waals surface area (Å²) in [7, 11) is 0. The molecule has 0 saturated carbocycles. The first-order valence-electron chi connectivity index (χ1n) is 5.54. The lowest BCUT2D eigenvalue weighted by molar-refractivity contribution is 0.511. The summed E-state index contributed by atoms with van der Waals surface area (Å²) in [6.45, 7) is 3.36. The van der Waals surface area contributed by atoms with Gasteiger partial charge in [-0.1, -0.05) is 6.07 Å². The molecule has 90 valence electrons. The molecule has 0 aliphatic rings. The zero-order valence-corrected chi connectivity index (χ0v) is 9.58. The van der Waals surface area contributed by atoms with Crippen molar-refractivity contribution in [3.05, 3.63) is 53.9 Å². The number of aromatic nitrogens is 1. The van der Waals surface area contributed by atoms with Gasteiger partial charge < -0.3 is 9.88 Å². The molecule has 0 amide bonds. The van der Waals surface area contributed by atoms with Gasteiger partial charge in [-0.2, -0.15) is 0 Å². The molecule has 0 aliphatic heterocycles. The summed E-state index contributed by atoms with van der Waals surface area (Å²) in [4.78, 5) is 0. The molecule has 1 aromatic heterocycles. The Balaban J connectivity index is 2.10. The Morgan fingerprint density at radius 3 is 2.76 bits per heavy atom. The summed E-state index contributed by atoms with van der Waals surface area (Å²) in [5, 5.41) is 2.90. The minimum absolute atomic E-state index is 0.189. The summed E-state index contributed by atoms with van der Waals surface area (Å²) in [5.74, 6) is -1.66. The zero-order valence-electron chi connectivity index (χ0n) is 9.58. The second-order valence-corrected chi connectivity index (χ2v) is 3.74. The molecule has 1 N–H and O–H groups in total. The van der Waals surface area contributed by atoms with Crippen LogP contribution in [0.5, 0.6) is 0 Å². The molecule has 17 heavy (non-hydrogen) atoms. The van der Waals surface area contributed by atoms with E-state index in [2.05, 4.69) is 5.32 Å². The summed E-state index contributed by atoms with van der Waals surface area (Å²) < 4.78 is 28.4. The lowest BCUT2D eigenvalue weighted by atomic mass is 10.3. The van der Waals surface area contributed by atoms with Crippen LogP contribution < -0.4 is 5.32 Å². The van der Waals surface area contributed by atoms with E-state index in [1.54, 1.807) is 0 Å². The predicted molar refractivity (Wildman–Crippen MR) is 63.8 cm³/mol. The topological polar surface area (TPSA) is 17.0 Å². The van der Waals surface area contributed by atoms with Gasteiger partial charge in [-0.05, 0) is 31.2 Å². The van der Waals surface area contributed by atoms with Crippen LogP contribution in [-0.4, -0.2) is 4.57 Å². The Kier molecular flexibility index (Phi) is 3.42. The Labute approximate surface area is 98.9 Å². The molecule has 0 aliphatic carbocycles. The molecule has 2 rings (SSSR count). The minimum atomic E-state index is -0.833. The Morgan fingerprint density at radius 1 is 1.18 bits per heavy atom. The van der Waals surface area contributed by atoms with Gasteiger partial charge in [0.2, 0.25) is 0 Å². The molecule has 0 fully saturated rings. The van der Waals surface area contributed by atoms with Gasteiger partial charge in [0.25, 0.3) is 0 Å². The highest BCUT2D eigenvalue weighted by molar-refractivity contribution is 5.45. The van der Waals surface area contributed by atoms with Crippen LogP contribution in [0.25, 0.3) is 0 Å². The quantitative estimate of drug-likeness (QED) is 0.860. The summed E-state index contributed by atoms with van der Waals surface area (Å²) in [6.07, 6.45) is 1.96. The minimum Gasteiger partial charge on any atom is -0.377 e. The fourth-order valence-electron chi connectivity index (χ4n) is 1.74. The van der Waals surface area contributed by atoms with Crippen molar-refractivity contribution in [1.29, 1.82) is 0 Å². The third-order valence-electron chi connectivity index (χ3n) is 2.68. The number of hydrogen-bond donors (Lipinski definition) is 1. The van der Waals surface area contributed by atoms with E-state index in [4.69, 9.17) is 0 Å². The molecule has 0 unspecified atom stereocenters. The molecule has 0 bridgehead atoms. The van der Waals surface area contributed by atoms with Gasteiger partial charge in [-0.3, -0.25) is 0 Å². The third kappa shape index (κ3) is 2.46. The maximum absolute atomic E-state index is 13.4. The van der Waals surface area contributed by atoms with Crippen LogP contribution in [0.15, 0.2) is 36.5 Å². The average molecular weight is 236 g/mol. The number of benzene rings is 1. The van der Waals surface area contributed by atoms with Gasteiger partial charge >= 0.3 is 0 Å². The molecule has 4 heteroatoms. The number of rotatable bonds is 4. The van der Waals surface area contributed by atoms with Crippen LogP contribution in [0.4, 0.5) is 14.5 Å². The van der Waals surface area contributed by atoms with E-state index in [1.807, 2.05) is 29.8 Å². The predicted octanol–water partition coefficient (Wildman–Crippen LogP) is 3.40. The van der Waals surface area contributed by atoms with Gasteiger partial charge in [0.15, 0.2) is 11.6 Å². The number of nitrogens with zero attached hydrogens (tertiary/aromatic N) is 1. The van der Waals surface area contributed by atoms with Crippen LogP contribution in [0.3, 0.4) is 0 Å². The van der Waals surface area contributed by atoms with E-state index in [1.165, 1.54) is 12.1 Å². The van der Waals surface area contributed by atoms with Crippen molar-refractivity contribution in [1.82, 2.24) is 4.57 Å². The number of aryl methyl sites for hydroxylation is 1. The SMILES string of the molecule is CCn1cccc1CNc1cccc(F)c1F. The molecule has 0 saturated heterocycles. The molecule has 2 nitrogen and oxygen atoms in total. The molecule has 1 aromatic carbocycles. The van der Waals surface area contributed by atoms with E-state index in [0.29, 0.717) is 6.54 Å². The van der Waals surface area contributed by atoms with Crippen molar-refractivity contribution in [3.8, 4) is 0 Å². The molecule has 0 spiro atoms. The second-order valence-electron chi connectivity index (χ2n) is 3.74. The van der Waals surface area contributed by atoms with Crippen molar-refractivity contribution < 1.29 is 8.78 Å². The fourth-order valence-corrected chi connectivity index (χ4v) is 1.74. The van der Waals surface area contributed by atoms with Gasteiger partial charge in [-0.15, -0.1) is 0 Å². The maximum Gasteiger partial charge on any atom is 0.181 e. The molecule has 2 aromatic rings. The van der Waals surface area contributed by atoms with Crippen molar-refractivity contribution in [2.75, 3.05) is 5.32 Å². The number of anilines is 1. The first kappa shape index (κ1) is 11.6. The van der Waals surface area contributed by atoms with Crippen molar-refractivity contribution in [2.45, 2.75) is 20.0 Å². The largest absolute Gasteiger partial charge is 0.377 e. The van der Waals surface area contributed by atoms with Gasteiger partial charge in [-0.25, -0.2) is 8.78 Å². The van der Waals surface area contributed by atoms with Gasteiger partial charge in [0.1, 0.15) is 0 Å². The third-order valence-corrected chi connectivity index (χ3v) is 2.68. The number of hydrogen-bond acceptors (Lipinski definition) is 1. The molecule has 0 radical (unpaired) electrons. The molecular weight excluding hydrogens is 222 g/mol. The highest BCUT2D eigenvalue weighted by Crippen LogP contribution is 2.17. The van der Waals surface area contributed by atoms with Crippen LogP contribution >= 0.6 is 0 Å². The standard InChI is InChI=1S/C13H14F2N2/c1-2-17-8-4-5-10(17)9-16-12-7-3-6-11(14)13(12)15/h3-8,16H,2,9H2,1H3. The number of nitrogens with one attached hydrogen (secondary N) is 1. The Morgan fingerprint density at radius 2 is 2.00 bits per heavy atom. The van der Waals surface area contributed by atoms with E-state index >= 15 is 0 Å². The second kappa shape index (κ2) is 4.99. The first-order valence-corrected chi connectivity index (χ1v) is 5.54. The van der Waals surface area contributed by atoms with Crippen molar-refractivity contribution >= 4 is 5.69 Å². The van der Waals surface area contributed by atoms with Crippen LogP contribution in [0, 0.1) is 11.6 Å². The first-order chi connectivity index (χ1) is 8.22. The molecule has 0 atom stereocenters. The monoisotopic (exact) mass is 236 g/mol. The average Bonchev–Trinajstić information content (AvgIpc) is 2.78. The van der Waals surface area contributed by atoms with E-state index < -0.39 is 11.6 Å². The summed E-state index contributed by atoms with van der Waals surface area (Å²) in [6, 6.07) is 8.00. The highest BCUT2D eigenvalue weighted by Gasteiger charge is 2.07. The van der Waals surface area contributed by atoms with Crippen molar-refractivity contribution in [2.24, 2.45) is 0 Å².